The van der Waals surface area contributed by atoms with E-state index in [1.165, 1.54) is 19.2 Å². The standard InChI is InChI=1S/C12H12N2O2S/c1-3-10-14(2)17(15,16)12-6-4-11(5-7-12)8-9-13/h1,4-7H,8,10H2,2H3. The number of sulfonamides is 1. The van der Waals surface area contributed by atoms with E-state index >= 15 is 0 Å². The van der Waals surface area contributed by atoms with E-state index in [4.69, 9.17) is 11.7 Å². The molecule has 0 unspecified atom stereocenters. The minimum absolute atomic E-state index is 0.0300. The van der Waals surface area contributed by atoms with Gasteiger partial charge in [0, 0.05) is 7.05 Å². The predicted octanol–water partition coefficient (Wildman–Crippen LogP) is 1.01. The van der Waals surface area contributed by atoms with Crippen molar-refractivity contribution in [2.24, 2.45) is 0 Å². The molecule has 0 aliphatic carbocycles. The molecule has 4 nitrogen and oxygen atoms in total. The molecule has 0 aromatic heterocycles. The first-order chi connectivity index (χ1) is 8.02. The third kappa shape index (κ3) is 3.07. The van der Waals surface area contributed by atoms with E-state index < -0.39 is 10.0 Å². The Labute approximate surface area is 102 Å². The van der Waals surface area contributed by atoms with E-state index in [0.717, 1.165) is 9.87 Å². The molecule has 0 heterocycles. The summed E-state index contributed by atoms with van der Waals surface area (Å²) in [5.41, 5.74) is 0.783. The fourth-order valence-corrected chi connectivity index (χ4v) is 2.35. The molecule has 0 atom stereocenters. The van der Waals surface area contributed by atoms with Crippen molar-refractivity contribution in [2.45, 2.75) is 11.3 Å². The largest absolute Gasteiger partial charge is 0.243 e. The van der Waals surface area contributed by atoms with Crippen LogP contribution in [-0.2, 0) is 16.4 Å². The van der Waals surface area contributed by atoms with E-state index in [1.807, 2.05) is 6.07 Å². The van der Waals surface area contributed by atoms with Crippen LogP contribution >= 0.6 is 0 Å². The average Bonchev–Trinajstić information content (AvgIpc) is 2.30. The van der Waals surface area contributed by atoms with E-state index in [2.05, 4.69) is 5.92 Å². The number of rotatable bonds is 4. The minimum Gasteiger partial charge on any atom is -0.207 e. The highest BCUT2D eigenvalue weighted by Crippen LogP contribution is 2.14. The lowest BCUT2D eigenvalue weighted by Gasteiger charge is -2.14. The Hall–Kier alpha value is -1.82. The maximum absolute atomic E-state index is 12.0. The summed E-state index contributed by atoms with van der Waals surface area (Å²) < 4.78 is 25.0. The predicted molar refractivity (Wildman–Crippen MR) is 64.4 cm³/mol. The maximum Gasteiger partial charge on any atom is 0.243 e. The molecule has 0 bridgehead atoms. The number of benzene rings is 1. The van der Waals surface area contributed by atoms with Crippen LogP contribution in [0.25, 0.3) is 0 Å². The lowest BCUT2D eigenvalue weighted by Crippen LogP contribution is -2.27. The maximum atomic E-state index is 12.0. The number of hydrogen-bond acceptors (Lipinski definition) is 3. The summed E-state index contributed by atoms with van der Waals surface area (Å²) in [5.74, 6) is 2.28. The Morgan fingerprint density at radius 2 is 1.94 bits per heavy atom. The van der Waals surface area contributed by atoms with Gasteiger partial charge in [0.25, 0.3) is 0 Å². The van der Waals surface area contributed by atoms with Gasteiger partial charge < -0.3 is 0 Å². The van der Waals surface area contributed by atoms with Gasteiger partial charge in [-0.3, -0.25) is 0 Å². The Bertz CT molecular complexity index is 562. The Balaban J connectivity index is 3.02. The third-order valence-electron chi connectivity index (χ3n) is 2.23. The quantitative estimate of drug-likeness (QED) is 0.747. The molecule has 0 aliphatic heterocycles. The van der Waals surface area contributed by atoms with Gasteiger partial charge in [-0.15, -0.1) is 6.42 Å². The van der Waals surface area contributed by atoms with Crippen LogP contribution in [0.2, 0.25) is 0 Å². The Morgan fingerprint density at radius 3 is 2.41 bits per heavy atom. The lowest BCUT2D eigenvalue weighted by atomic mass is 10.2. The van der Waals surface area contributed by atoms with Gasteiger partial charge in [0.05, 0.1) is 23.9 Å². The lowest BCUT2D eigenvalue weighted by molar-refractivity contribution is 0.503. The van der Waals surface area contributed by atoms with Gasteiger partial charge in [-0.25, -0.2) is 8.42 Å². The van der Waals surface area contributed by atoms with Crippen molar-refractivity contribution in [1.29, 1.82) is 5.26 Å². The molecule has 88 valence electrons. The van der Waals surface area contributed by atoms with Gasteiger partial charge in [0.15, 0.2) is 0 Å². The zero-order valence-corrected chi connectivity index (χ0v) is 10.2. The van der Waals surface area contributed by atoms with E-state index in [-0.39, 0.29) is 17.9 Å². The van der Waals surface area contributed by atoms with Crippen LogP contribution in [0.5, 0.6) is 0 Å². The second-order valence-corrected chi connectivity index (χ2v) is 5.49. The fourth-order valence-electron chi connectivity index (χ4n) is 1.26. The first-order valence-corrected chi connectivity index (χ1v) is 6.32. The van der Waals surface area contributed by atoms with Crippen LogP contribution in [0.1, 0.15) is 5.56 Å². The normalized spacial score (nSPS) is 10.8. The molecule has 0 radical (unpaired) electrons. The fraction of sp³-hybridized carbons (Fsp3) is 0.250. The number of nitriles is 1. The van der Waals surface area contributed by atoms with Crippen LogP contribution in [0.15, 0.2) is 29.2 Å². The minimum atomic E-state index is -3.52. The summed E-state index contributed by atoms with van der Waals surface area (Å²) in [6.45, 7) is 0.0300. The molecule has 17 heavy (non-hydrogen) atoms. The topological polar surface area (TPSA) is 61.2 Å². The highest BCUT2D eigenvalue weighted by Gasteiger charge is 2.19. The van der Waals surface area contributed by atoms with Crippen molar-refractivity contribution < 1.29 is 8.42 Å². The molecule has 0 saturated heterocycles. The number of hydrogen-bond donors (Lipinski definition) is 0. The van der Waals surface area contributed by atoms with Gasteiger partial charge in [-0.2, -0.15) is 9.57 Å². The molecule has 0 saturated carbocycles. The SMILES string of the molecule is C#CCN(C)S(=O)(=O)c1ccc(CC#N)cc1. The second kappa shape index (κ2) is 5.49. The van der Waals surface area contributed by atoms with Gasteiger partial charge in [0.1, 0.15) is 0 Å². The summed E-state index contributed by atoms with van der Waals surface area (Å²) in [6.07, 6.45) is 5.34. The van der Waals surface area contributed by atoms with Crippen LogP contribution in [0.3, 0.4) is 0 Å². The van der Waals surface area contributed by atoms with Crippen molar-refractivity contribution in [3.63, 3.8) is 0 Å². The van der Waals surface area contributed by atoms with E-state index in [9.17, 15) is 8.42 Å². The van der Waals surface area contributed by atoms with Gasteiger partial charge in [-0.1, -0.05) is 18.1 Å². The van der Waals surface area contributed by atoms with Crippen LogP contribution < -0.4 is 0 Å². The molecular weight excluding hydrogens is 236 g/mol. The van der Waals surface area contributed by atoms with Crippen LogP contribution in [-0.4, -0.2) is 26.3 Å². The van der Waals surface area contributed by atoms with Crippen molar-refractivity contribution >= 4 is 10.0 Å². The summed E-state index contributed by atoms with van der Waals surface area (Å²) in [4.78, 5) is 0.178. The molecule has 1 aromatic rings. The number of terminal acetylenes is 1. The molecule has 1 aromatic carbocycles. The molecule has 0 amide bonds. The smallest absolute Gasteiger partial charge is 0.207 e. The van der Waals surface area contributed by atoms with Crippen LogP contribution in [0.4, 0.5) is 0 Å². The average molecular weight is 248 g/mol. The summed E-state index contributed by atoms with van der Waals surface area (Å²) in [7, 11) is -2.10. The molecule has 0 fully saturated rings. The molecule has 0 N–H and O–H groups in total. The first-order valence-electron chi connectivity index (χ1n) is 4.88. The van der Waals surface area contributed by atoms with E-state index in [0.29, 0.717) is 0 Å². The first kappa shape index (κ1) is 13.2. The van der Waals surface area contributed by atoms with E-state index in [1.54, 1.807) is 12.1 Å². The van der Waals surface area contributed by atoms with Gasteiger partial charge in [-0.05, 0) is 17.7 Å². The third-order valence-corrected chi connectivity index (χ3v) is 4.05. The zero-order valence-electron chi connectivity index (χ0n) is 9.42. The monoisotopic (exact) mass is 248 g/mol. The van der Waals surface area contributed by atoms with Gasteiger partial charge >= 0.3 is 0 Å². The van der Waals surface area contributed by atoms with Crippen molar-refractivity contribution in [3.05, 3.63) is 29.8 Å². The molecule has 1 rings (SSSR count). The molecular formula is C12H12N2O2S. The van der Waals surface area contributed by atoms with Gasteiger partial charge in [0.2, 0.25) is 10.0 Å². The van der Waals surface area contributed by atoms with Crippen LogP contribution in [0, 0.1) is 23.7 Å². The summed E-state index contributed by atoms with van der Waals surface area (Å²) in [5, 5.41) is 8.51. The summed E-state index contributed by atoms with van der Waals surface area (Å²) >= 11 is 0. The zero-order chi connectivity index (χ0) is 12.9. The second-order valence-electron chi connectivity index (χ2n) is 3.44. The molecule has 0 aliphatic rings. The summed E-state index contributed by atoms with van der Waals surface area (Å²) in [6, 6.07) is 8.21. The van der Waals surface area contributed by atoms with Crippen molar-refractivity contribution in [3.8, 4) is 18.4 Å². The molecule has 5 heteroatoms. The Morgan fingerprint density at radius 1 is 1.35 bits per heavy atom. The molecule has 0 spiro atoms. The highest BCUT2D eigenvalue weighted by atomic mass is 32.2. The Kier molecular flexibility index (Phi) is 4.28. The number of nitrogens with zero attached hydrogens (tertiary/aromatic N) is 2. The highest BCUT2D eigenvalue weighted by molar-refractivity contribution is 7.89. The van der Waals surface area contributed by atoms with Crippen molar-refractivity contribution in [2.75, 3.05) is 13.6 Å². The van der Waals surface area contributed by atoms with Crippen molar-refractivity contribution in [1.82, 2.24) is 4.31 Å².